The van der Waals surface area contributed by atoms with Crippen LogP contribution in [0.25, 0.3) is 0 Å². The van der Waals surface area contributed by atoms with Crippen LogP contribution in [0.3, 0.4) is 0 Å². The number of aliphatic hydroxyl groups is 1. The highest BCUT2D eigenvalue weighted by Crippen LogP contribution is 2.19. The summed E-state index contributed by atoms with van der Waals surface area (Å²) in [6.45, 7) is 3.89. The van der Waals surface area contributed by atoms with Gasteiger partial charge < -0.3 is 9.84 Å². The summed E-state index contributed by atoms with van der Waals surface area (Å²) < 4.78 is 18.6. The quantitative estimate of drug-likeness (QED) is 0.723. The van der Waals surface area contributed by atoms with Crippen LogP contribution in [0.4, 0.5) is 4.39 Å². The number of hydrogen-bond acceptors (Lipinski definition) is 3. The molecule has 1 heterocycles. The lowest BCUT2D eigenvalue weighted by Crippen LogP contribution is -2.14. The van der Waals surface area contributed by atoms with E-state index in [4.69, 9.17) is 9.84 Å². The summed E-state index contributed by atoms with van der Waals surface area (Å²) in [6, 6.07) is 1.26. The Labute approximate surface area is 108 Å². The van der Waals surface area contributed by atoms with E-state index in [1.807, 2.05) is 6.92 Å². The first kappa shape index (κ1) is 14.9. The van der Waals surface area contributed by atoms with Gasteiger partial charge in [-0.25, -0.2) is 9.37 Å². The molecule has 0 radical (unpaired) electrons. The molecule has 0 bridgehead atoms. The van der Waals surface area contributed by atoms with Crippen LogP contribution in [-0.4, -0.2) is 16.2 Å². The minimum absolute atomic E-state index is 0.0325. The Balaban J connectivity index is 2.45. The van der Waals surface area contributed by atoms with Crippen molar-refractivity contribution in [1.82, 2.24) is 4.98 Å². The van der Waals surface area contributed by atoms with E-state index in [1.54, 1.807) is 0 Å². The van der Waals surface area contributed by atoms with Gasteiger partial charge in [0.15, 0.2) is 0 Å². The first-order chi connectivity index (χ1) is 8.67. The van der Waals surface area contributed by atoms with E-state index >= 15 is 0 Å². The van der Waals surface area contributed by atoms with Gasteiger partial charge in [0.2, 0.25) is 5.88 Å². The fourth-order valence-corrected chi connectivity index (χ4v) is 1.80. The van der Waals surface area contributed by atoms with Gasteiger partial charge in [-0.3, -0.25) is 0 Å². The van der Waals surface area contributed by atoms with Crippen LogP contribution in [0.5, 0.6) is 5.88 Å². The molecule has 102 valence electrons. The minimum atomic E-state index is -0.456. The monoisotopic (exact) mass is 255 g/mol. The maximum atomic E-state index is 12.9. The number of unbranched alkanes of at least 4 members (excludes halogenated alkanes) is 3. The highest BCUT2D eigenvalue weighted by atomic mass is 19.1. The van der Waals surface area contributed by atoms with Gasteiger partial charge in [-0.2, -0.15) is 0 Å². The number of rotatable bonds is 8. The Bertz CT molecular complexity index is 358. The van der Waals surface area contributed by atoms with E-state index in [9.17, 15) is 4.39 Å². The second kappa shape index (κ2) is 8.03. The van der Waals surface area contributed by atoms with Crippen LogP contribution in [-0.2, 0) is 6.61 Å². The van der Waals surface area contributed by atoms with Gasteiger partial charge in [-0.15, -0.1) is 0 Å². The average molecular weight is 255 g/mol. The predicted molar refractivity (Wildman–Crippen MR) is 69.0 cm³/mol. The Hall–Kier alpha value is -1.16. The van der Waals surface area contributed by atoms with Gasteiger partial charge in [0.05, 0.1) is 18.9 Å². The molecule has 1 aromatic rings. The smallest absolute Gasteiger partial charge is 0.219 e. The molecule has 0 saturated heterocycles. The molecule has 0 fully saturated rings. The molecule has 1 atom stereocenters. The molecule has 0 aliphatic carbocycles. The maximum Gasteiger partial charge on any atom is 0.219 e. The average Bonchev–Trinajstić information content (AvgIpc) is 2.37. The fraction of sp³-hybridized carbons (Fsp3) is 0.643. The number of aliphatic hydroxyl groups excluding tert-OH is 1. The molecule has 0 spiro atoms. The molecular weight excluding hydrogens is 233 g/mol. The van der Waals surface area contributed by atoms with Crippen molar-refractivity contribution in [3.63, 3.8) is 0 Å². The molecule has 1 unspecified atom stereocenters. The predicted octanol–water partition coefficient (Wildman–Crippen LogP) is 3.45. The van der Waals surface area contributed by atoms with Crippen LogP contribution < -0.4 is 4.74 Å². The van der Waals surface area contributed by atoms with E-state index in [1.165, 1.54) is 25.3 Å². The fourth-order valence-electron chi connectivity index (χ4n) is 1.80. The lowest BCUT2D eigenvalue weighted by molar-refractivity contribution is 0.188. The topological polar surface area (TPSA) is 42.4 Å². The van der Waals surface area contributed by atoms with Crippen molar-refractivity contribution in [2.45, 2.75) is 58.7 Å². The van der Waals surface area contributed by atoms with Crippen molar-refractivity contribution >= 4 is 0 Å². The summed E-state index contributed by atoms with van der Waals surface area (Å²) in [4.78, 5) is 3.88. The van der Waals surface area contributed by atoms with E-state index in [0.29, 0.717) is 11.4 Å². The van der Waals surface area contributed by atoms with Crippen LogP contribution in [0.2, 0.25) is 0 Å². The molecule has 0 aromatic carbocycles. The second-order valence-corrected chi connectivity index (χ2v) is 4.55. The van der Waals surface area contributed by atoms with E-state index in [0.717, 1.165) is 19.0 Å². The Kier molecular flexibility index (Phi) is 6.65. The minimum Gasteiger partial charge on any atom is -0.474 e. The standard InChI is InChI=1S/C14H22FNO2/c1-3-4-5-6-7-11(2)18-14-12(10-17)8-13(15)9-16-14/h8-9,11,17H,3-7,10H2,1-2H3. The largest absolute Gasteiger partial charge is 0.474 e. The summed E-state index contributed by atoms with van der Waals surface area (Å²) in [7, 11) is 0. The zero-order valence-corrected chi connectivity index (χ0v) is 11.2. The van der Waals surface area contributed by atoms with Gasteiger partial charge in [0.25, 0.3) is 0 Å². The molecule has 0 saturated carbocycles. The summed E-state index contributed by atoms with van der Waals surface area (Å²) in [5.74, 6) is -0.121. The molecule has 3 nitrogen and oxygen atoms in total. The Morgan fingerprint density at radius 3 is 2.83 bits per heavy atom. The summed E-state index contributed by atoms with van der Waals surface area (Å²) in [5, 5.41) is 9.12. The van der Waals surface area contributed by atoms with Gasteiger partial charge in [0.1, 0.15) is 5.82 Å². The van der Waals surface area contributed by atoms with Gasteiger partial charge >= 0.3 is 0 Å². The van der Waals surface area contributed by atoms with Crippen LogP contribution in [0.1, 0.15) is 51.5 Å². The first-order valence-corrected chi connectivity index (χ1v) is 6.59. The number of aromatic nitrogens is 1. The van der Waals surface area contributed by atoms with Gasteiger partial charge in [0, 0.05) is 5.56 Å². The number of ether oxygens (including phenoxy) is 1. The highest BCUT2D eigenvalue weighted by Gasteiger charge is 2.10. The molecular formula is C14H22FNO2. The zero-order chi connectivity index (χ0) is 13.4. The van der Waals surface area contributed by atoms with Crippen LogP contribution in [0.15, 0.2) is 12.3 Å². The van der Waals surface area contributed by atoms with Crippen molar-refractivity contribution in [2.75, 3.05) is 0 Å². The molecule has 0 aliphatic rings. The SMILES string of the molecule is CCCCCCC(C)Oc1ncc(F)cc1CO. The van der Waals surface area contributed by atoms with Gasteiger partial charge in [-0.1, -0.05) is 26.2 Å². The number of hydrogen-bond donors (Lipinski definition) is 1. The van der Waals surface area contributed by atoms with Crippen LogP contribution in [0, 0.1) is 5.82 Å². The maximum absolute atomic E-state index is 12.9. The summed E-state index contributed by atoms with van der Waals surface area (Å²) >= 11 is 0. The van der Waals surface area contributed by atoms with E-state index in [2.05, 4.69) is 11.9 Å². The third-order valence-corrected chi connectivity index (χ3v) is 2.84. The zero-order valence-electron chi connectivity index (χ0n) is 11.2. The third kappa shape index (κ3) is 5.00. The first-order valence-electron chi connectivity index (χ1n) is 6.59. The molecule has 4 heteroatoms. The molecule has 1 rings (SSSR count). The second-order valence-electron chi connectivity index (χ2n) is 4.55. The Morgan fingerprint density at radius 2 is 2.17 bits per heavy atom. The van der Waals surface area contributed by atoms with E-state index < -0.39 is 5.82 Å². The number of halogens is 1. The lowest BCUT2D eigenvalue weighted by atomic mass is 10.1. The molecule has 1 N–H and O–H groups in total. The third-order valence-electron chi connectivity index (χ3n) is 2.84. The Morgan fingerprint density at radius 1 is 1.39 bits per heavy atom. The van der Waals surface area contributed by atoms with Crippen LogP contribution >= 0.6 is 0 Å². The lowest BCUT2D eigenvalue weighted by Gasteiger charge is -2.15. The number of pyridine rings is 1. The molecule has 0 aliphatic heterocycles. The molecule has 1 aromatic heterocycles. The van der Waals surface area contributed by atoms with Crippen molar-refractivity contribution in [3.8, 4) is 5.88 Å². The summed E-state index contributed by atoms with van der Waals surface area (Å²) in [6.07, 6.45) is 6.86. The van der Waals surface area contributed by atoms with Crippen molar-refractivity contribution in [3.05, 3.63) is 23.6 Å². The summed E-state index contributed by atoms with van der Waals surface area (Å²) in [5.41, 5.74) is 0.399. The highest BCUT2D eigenvalue weighted by molar-refractivity contribution is 5.25. The van der Waals surface area contributed by atoms with Crippen molar-refractivity contribution < 1.29 is 14.2 Å². The van der Waals surface area contributed by atoms with Gasteiger partial charge in [-0.05, 0) is 25.8 Å². The number of nitrogens with zero attached hydrogens (tertiary/aromatic N) is 1. The van der Waals surface area contributed by atoms with Crippen molar-refractivity contribution in [2.24, 2.45) is 0 Å². The van der Waals surface area contributed by atoms with E-state index in [-0.39, 0.29) is 12.7 Å². The molecule has 18 heavy (non-hydrogen) atoms. The molecule has 0 amide bonds. The van der Waals surface area contributed by atoms with Crippen molar-refractivity contribution in [1.29, 1.82) is 0 Å². The normalized spacial score (nSPS) is 12.4.